The van der Waals surface area contributed by atoms with E-state index in [0.717, 1.165) is 24.8 Å². The van der Waals surface area contributed by atoms with Gasteiger partial charge in [0.05, 0.1) is 0 Å². The van der Waals surface area contributed by atoms with Crippen LogP contribution in [0.25, 0.3) is 0 Å². The predicted octanol–water partition coefficient (Wildman–Crippen LogP) is 7.62. The highest BCUT2D eigenvalue weighted by atomic mass is 19.3. The third-order valence-corrected chi connectivity index (χ3v) is 10.3. The van der Waals surface area contributed by atoms with Crippen molar-refractivity contribution in [3.8, 4) is 0 Å². The second-order valence-electron chi connectivity index (χ2n) is 11.5. The minimum absolute atomic E-state index is 0.0231. The average Bonchev–Trinajstić information content (AvgIpc) is 2.91. The van der Waals surface area contributed by atoms with Crippen LogP contribution < -0.4 is 5.73 Å². The Morgan fingerprint density at radius 3 is 2.59 bits per heavy atom. The van der Waals surface area contributed by atoms with E-state index in [4.69, 9.17) is 5.73 Å². The minimum Gasteiger partial charge on any atom is -0.324 e. The zero-order chi connectivity index (χ0) is 21.0. The fourth-order valence-electron chi connectivity index (χ4n) is 9.01. The first-order valence-corrected chi connectivity index (χ1v) is 12.1. The Bertz CT molecular complexity index is 707. The van der Waals surface area contributed by atoms with Crippen molar-refractivity contribution in [1.82, 2.24) is 0 Å². The van der Waals surface area contributed by atoms with Crippen LogP contribution in [0.2, 0.25) is 0 Å². The van der Waals surface area contributed by atoms with E-state index in [9.17, 15) is 8.78 Å². The number of allylic oxidation sites excluding steroid dienone is 3. The second kappa shape index (κ2) is 7.46. The van der Waals surface area contributed by atoms with Crippen molar-refractivity contribution in [2.75, 3.05) is 0 Å². The highest BCUT2D eigenvalue weighted by molar-refractivity contribution is 5.31. The molecular formula is C26H41F2N. The van der Waals surface area contributed by atoms with Crippen LogP contribution in [0.3, 0.4) is 0 Å². The van der Waals surface area contributed by atoms with Crippen LogP contribution in [0.1, 0.15) is 98.3 Å². The maximum absolute atomic E-state index is 12.5. The quantitative estimate of drug-likeness (QED) is 0.480. The first kappa shape index (κ1) is 21.5. The van der Waals surface area contributed by atoms with Gasteiger partial charge >= 0.3 is 0 Å². The van der Waals surface area contributed by atoms with Crippen molar-refractivity contribution >= 4 is 0 Å². The molecule has 4 rings (SSSR count). The molecule has 0 radical (unpaired) electrons. The van der Waals surface area contributed by atoms with Crippen molar-refractivity contribution in [1.29, 1.82) is 0 Å². The molecule has 0 aliphatic heterocycles. The molecule has 0 aromatic carbocycles. The average molecular weight is 406 g/mol. The van der Waals surface area contributed by atoms with Gasteiger partial charge in [0.15, 0.2) is 0 Å². The van der Waals surface area contributed by atoms with E-state index in [1.807, 2.05) is 0 Å². The molecule has 2 N–H and O–H groups in total. The highest BCUT2D eigenvalue weighted by Gasteiger charge is 2.66. The Morgan fingerprint density at radius 2 is 1.86 bits per heavy atom. The van der Waals surface area contributed by atoms with Gasteiger partial charge in [0.25, 0.3) is 6.08 Å². The summed E-state index contributed by atoms with van der Waals surface area (Å²) in [5.74, 6) is 2.57. The summed E-state index contributed by atoms with van der Waals surface area (Å²) in [5.41, 5.74) is 11.0. The summed E-state index contributed by atoms with van der Waals surface area (Å²) in [6.07, 6.45) is 12.4. The zero-order valence-corrected chi connectivity index (χ0v) is 19.0. The van der Waals surface area contributed by atoms with E-state index in [2.05, 4.69) is 27.7 Å². The molecule has 0 aromatic heterocycles. The lowest BCUT2D eigenvalue weighted by Gasteiger charge is -2.66. The second-order valence-corrected chi connectivity index (χ2v) is 11.5. The van der Waals surface area contributed by atoms with Gasteiger partial charge in [-0.05, 0) is 105 Å². The Hall–Kier alpha value is -0.700. The van der Waals surface area contributed by atoms with Gasteiger partial charge in [-0.15, -0.1) is 0 Å². The topological polar surface area (TPSA) is 26.0 Å². The number of hydrogen-bond donors (Lipinski definition) is 1. The minimum atomic E-state index is -1.55. The Labute approximate surface area is 176 Å². The number of rotatable bonds is 3. The van der Waals surface area contributed by atoms with E-state index in [1.54, 1.807) is 5.57 Å². The molecule has 0 saturated heterocycles. The van der Waals surface area contributed by atoms with Gasteiger partial charge in [-0.2, -0.15) is 8.78 Å². The standard InChI is InChI=1S/C26H41F2N/c1-17(8-7-10-22(27)28)23-18(2)16-24(3)20(23)13-15-26(29)21(24)12-11-19-9-5-6-14-25(19,26)4/h10,18-21H,5-9,11-16,29H2,1-4H3/b23-17-. The Kier molecular flexibility index (Phi) is 5.54. The molecule has 7 atom stereocenters. The van der Waals surface area contributed by atoms with Crippen molar-refractivity contribution in [3.05, 3.63) is 23.3 Å². The molecule has 0 bridgehead atoms. The van der Waals surface area contributed by atoms with Gasteiger partial charge in [0.2, 0.25) is 0 Å². The van der Waals surface area contributed by atoms with Crippen LogP contribution in [-0.4, -0.2) is 5.54 Å². The first-order chi connectivity index (χ1) is 13.6. The summed E-state index contributed by atoms with van der Waals surface area (Å²) in [6.45, 7) is 9.64. The Balaban J connectivity index is 1.65. The van der Waals surface area contributed by atoms with Crippen LogP contribution in [0.15, 0.2) is 23.3 Å². The van der Waals surface area contributed by atoms with Crippen LogP contribution in [-0.2, 0) is 0 Å². The van der Waals surface area contributed by atoms with Crippen LogP contribution in [0.5, 0.6) is 0 Å². The summed E-state index contributed by atoms with van der Waals surface area (Å²) in [4.78, 5) is 0. The third kappa shape index (κ3) is 3.17. The maximum atomic E-state index is 12.5. The molecule has 3 heteroatoms. The smallest absolute Gasteiger partial charge is 0.266 e. The lowest BCUT2D eigenvalue weighted by Crippen LogP contribution is -2.70. The summed E-state index contributed by atoms with van der Waals surface area (Å²) < 4.78 is 25.0. The van der Waals surface area contributed by atoms with E-state index in [0.29, 0.717) is 29.6 Å². The highest BCUT2D eigenvalue weighted by Crippen LogP contribution is 2.70. The first-order valence-electron chi connectivity index (χ1n) is 12.1. The third-order valence-electron chi connectivity index (χ3n) is 10.3. The lowest BCUT2D eigenvalue weighted by atomic mass is 9.40. The predicted molar refractivity (Wildman–Crippen MR) is 117 cm³/mol. The monoisotopic (exact) mass is 405 g/mol. The fraction of sp³-hybridized carbons (Fsp3) is 0.846. The summed E-state index contributed by atoms with van der Waals surface area (Å²) >= 11 is 0. The van der Waals surface area contributed by atoms with Gasteiger partial charge in [0.1, 0.15) is 0 Å². The molecule has 4 aliphatic rings. The molecule has 0 spiro atoms. The summed E-state index contributed by atoms with van der Waals surface area (Å²) in [5, 5.41) is 0. The van der Waals surface area contributed by atoms with Crippen LogP contribution in [0, 0.1) is 34.5 Å². The molecule has 0 heterocycles. The van der Waals surface area contributed by atoms with Gasteiger partial charge in [-0.1, -0.05) is 44.8 Å². The number of hydrogen-bond acceptors (Lipinski definition) is 1. The largest absolute Gasteiger partial charge is 0.324 e. The SMILES string of the molecule is C/C(CCC=C(F)F)=C1\C(C)CC2(C)C1CCC1(N)C2CCC2CCCCC21C. The molecule has 1 nitrogen and oxygen atoms in total. The van der Waals surface area contributed by atoms with Crippen LogP contribution in [0.4, 0.5) is 8.78 Å². The molecule has 4 aliphatic carbocycles. The number of nitrogens with two attached hydrogens (primary N) is 1. The number of fused-ring (bicyclic) bond motifs is 5. The molecule has 164 valence electrons. The Morgan fingerprint density at radius 1 is 1.10 bits per heavy atom. The van der Waals surface area contributed by atoms with Crippen molar-refractivity contribution in [2.45, 2.75) is 104 Å². The molecule has 0 aromatic rings. The molecule has 4 saturated carbocycles. The normalized spacial score (nSPS) is 48.4. The van der Waals surface area contributed by atoms with E-state index in [-0.39, 0.29) is 11.0 Å². The van der Waals surface area contributed by atoms with E-state index < -0.39 is 6.08 Å². The fourth-order valence-corrected chi connectivity index (χ4v) is 9.01. The van der Waals surface area contributed by atoms with Crippen molar-refractivity contribution in [3.63, 3.8) is 0 Å². The van der Waals surface area contributed by atoms with Gasteiger partial charge in [-0.3, -0.25) is 0 Å². The molecule has 7 unspecified atom stereocenters. The van der Waals surface area contributed by atoms with Gasteiger partial charge < -0.3 is 5.73 Å². The van der Waals surface area contributed by atoms with Crippen molar-refractivity contribution in [2.24, 2.45) is 40.2 Å². The molecular weight excluding hydrogens is 364 g/mol. The zero-order valence-electron chi connectivity index (χ0n) is 19.0. The van der Waals surface area contributed by atoms with E-state index in [1.165, 1.54) is 56.9 Å². The lowest BCUT2D eigenvalue weighted by molar-refractivity contribution is -0.132. The van der Waals surface area contributed by atoms with Gasteiger partial charge in [-0.25, -0.2) is 0 Å². The number of halogens is 2. The van der Waals surface area contributed by atoms with Crippen LogP contribution >= 0.6 is 0 Å². The molecule has 0 amide bonds. The van der Waals surface area contributed by atoms with Crippen molar-refractivity contribution < 1.29 is 8.78 Å². The maximum Gasteiger partial charge on any atom is 0.266 e. The van der Waals surface area contributed by atoms with Gasteiger partial charge in [0, 0.05) is 5.54 Å². The summed E-state index contributed by atoms with van der Waals surface area (Å²) in [7, 11) is 0. The molecule has 4 fully saturated rings. The van der Waals surface area contributed by atoms with E-state index >= 15 is 0 Å². The molecule has 29 heavy (non-hydrogen) atoms. The summed E-state index contributed by atoms with van der Waals surface area (Å²) in [6, 6.07) is 0.